The molecule has 0 aliphatic carbocycles. The molecule has 0 atom stereocenters. The van der Waals surface area contributed by atoms with Crippen LogP contribution in [-0.4, -0.2) is 48.9 Å². The van der Waals surface area contributed by atoms with Crippen molar-refractivity contribution in [1.29, 1.82) is 10.8 Å². The van der Waals surface area contributed by atoms with Crippen molar-refractivity contribution >= 4 is 34.6 Å². The number of hydrogen-bond acceptors (Lipinski definition) is 6. The SMILES string of the molecule is N=C/C=C(\C=N)c1cc(NCCOCCCCN)c2cn[nH]c2c1. The number of fused-ring (bicyclic) bond motifs is 1. The van der Waals surface area contributed by atoms with E-state index in [4.69, 9.17) is 21.3 Å². The van der Waals surface area contributed by atoms with E-state index in [0.717, 1.165) is 41.6 Å². The molecule has 1 aromatic carbocycles. The third kappa shape index (κ3) is 4.74. The van der Waals surface area contributed by atoms with Crippen molar-refractivity contribution < 1.29 is 4.74 Å². The number of aromatic amines is 1. The summed E-state index contributed by atoms with van der Waals surface area (Å²) in [7, 11) is 0. The minimum Gasteiger partial charge on any atom is -0.382 e. The van der Waals surface area contributed by atoms with Crippen LogP contribution in [0.25, 0.3) is 16.5 Å². The summed E-state index contributed by atoms with van der Waals surface area (Å²) in [5.74, 6) is 0. The number of H-pyrrole nitrogens is 1. The predicted molar refractivity (Wildman–Crippen MR) is 99.2 cm³/mol. The van der Waals surface area contributed by atoms with Crippen LogP contribution >= 0.6 is 0 Å². The Bertz CT molecular complexity index is 706. The number of hydrogen-bond donors (Lipinski definition) is 5. The average molecular weight is 328 g/mol. The van der Waals surface area contributed by atoms with Crippen molar-refractivity contribution in [1.82, 2.24) is 10.2 Å². The van der Waals surface area contributed by atoms with E-state index < -0.39 is 0 Å². The van der Waals surface area contributed by atoms with Crippen LogP contribution in [-0.2, 0) is 4.74 Å². The lowest BCUT2D eigenvalue weighted by molar-refractivity contribution is 0.140. The lowest BCUT2D eigenvalue weighted by Crippen LogP contribution is -2.11. The van der Waals surface area contributed by atoms with E-state index in [9.17, 15) is 0 Å². The smallest absolute Gasteiger partial charge is 0.0677 e. The third-order valence-electron chi connectivity index (χ3n) is 3.62. The highest BCUT2D eigenvalue weighted by atomic mass is 16.5. The van der Waals surface area contributed by atoms with Gasteiger partial charge in [0.2, 0.25) is 0 Å². The molecule has 6 N–H and O–H groups in total. The Labute approximate surface area is 141 Å². The normalized spacial score (nSPS) is 11.6. The Kier molecular flexibility index (Phi) is 7.13. The summed E-state index contributed by atoms with van der Waals surface area (Å²) >= 11 is 0. The van der Waals surface area contributed by atoms with Gasteiger partial charge in [-0.1, -0.05) is 0 Å². The molecule has 2 rings (SSSR count). The van der Waals surface area contributed by atoms with E-state index in [1.807, 2.05) is 12.1 Å². The number of rotatable bonds is 11. The number of benzene rings is 1. The molecule has 0 bridgehead atoms. The molecule has 0 spiro atoms. The van der Waals surface area contributed by atoms with Crippen molar-refractivity contribution in [3.05, 3.63) is 30.0 Å². The monoisotopic (exact) mass is 328 g/mol. The molecule has 128 valence electrons. The predicted octanol–water partition coefficient (Wildman–Crippen LogP) is 2.41. The topological polar surface area (TPSA) is 124 Å². The van der Waals surface area contributed by atoms with Crippen LogP contribution in [0.15, 0.2) is 24.4 Å². The number of unbranched alkanes of at least 4 members (excludes halogenated alkanes) is 1. The maximum absolute atomic E-state index is 7.52. The van der Waals surface area contributed by atoms with E-state index >= 15 is 0 Å². The van der Waals surface area contributed by atoms with Crippen molar-refractivity contribution in [3.8, 4) is 0 Å². The summed E-state index contributed by atoms with van der Waals surface area (Å²) in [5, 5.41) is 26.1. The molecule has 0 aliphatic heterocycles. The van der Waals surface area contributed by atoms with Gasteiger partial charge >= 0.3 is 0 Å². The highest BCUT2D eigenvalue weighted by Gasteiger charge is 2.08. The molecule has 1 aromatic heterocycles. The first-order chi connectivity index (χ1) is 11.8. The Hall–Kier alpha value is -2.51. The maximum Gasteiger partial charge on any atom is 0.0677 e. The van der Waals surface area contributed by atoms with Crippen molar-refractivity contribution in [2.45, 2.75) is 12.8 Å². The Morgan fingerprint density at radius 2 is 2.17 bits per heavy atom. The van der Waals surface area contributed by atoms with Gasteiger partial charge in [0.15, 0.2) is 0 Å². The van der Waals surface area contributed by atoms with Gasteiger partial charge in [-0.25, -0.2) is 0 Å². The fourth-order valence-electron chi connectivity index (χ4n) is 2.39. The second-order valence-electron chi connectivity index (χ2n) is 5.32. The van der Waals surface area contributed by atoms with Crippen LogP contribution in [0.2, 0.25) is 0 Å². The van der Waals surface area contributed by atoms with Gasteiger partial charge in [0.05, 0.1) is 18.3 Å². The zero-order valence-electron chi connectivity index (χ0n) is 13.6. The van der Waals surface area contributed by atoms with E-state index in [0.29, 0.717) is 25.3 Å². The van der Waals surface area contributed by atoms with Gasteiger partial charge < -0.3 is 26.6 Å². The molecule has 0 aliphatic rings. The molecule has 0 unspecified atom stereocenters. The number of nitrogens with two attached hydrogens (primary N) is 1. The summed E-state index contributed by atoms with van der Waals surface area (Å²) in [6.07, 6.45) is 7.75. The first-order valence-electron chi connectivity index (χ1n) is 8.00. The molecule has 7 nitrogen and oxygen atoms in total. The van der Waals surface area contributed by atoms with Gasteiger partial charge in [0, 0.05) is 42.2 Å². The average Bonchev–Trinajstić information content (AvgIpc) is 3.07. The molecule has 1 heterocycles. The van der Waals surface area contributed by atoms with Crippen LogP contribution in [0, 0.1) is 10.8 Å². The number of nitrogens with one attached hydrogen (secondary N) is 4. The van der Waals surface area contributed by atoms with Crippen LogP contribution in [0.5, 0.6) is 0 Å². The highest BCUT2D eigenvalue weighted by Crippen LogP contribution is 2.26. The van der Waals surface area contributed by atoms with E-state index in [2.05, 4.69) is 15.5 Å². The molecular formula is C17H24N6O. The number of ether oxygens (including phenoxy) is 1. The van der Waals surface area contributed by atoms with Crippen molar-refractivity contribution in [2.24, 2.45) is 5.73 Å². The standard InChI is InChI=1S/C17H24N6O/c18-4-1-2-7-24-8-6-21-16-9-14(13(11-20)3-5-19)10-17-15(16)12-22-23-17/h3,5,9-12,19-21H,1-2,4,6-8,18H2,(H,22,23)/b13-3+,19-5?,20-11?. The van der Waals surface area contributed by atoms with Crippen molar-refractivity contribution in [3.63, 3.8) is 0 Å². The molecule has 24 heavy (non-hydrogen) atoms. The van der Waals surface area contributed by atoms with Crippen LogP contribution < -0.4 is 11.1 Å². The largest absolute Gasteiger partial charge is 0.382 e. The lowest BCUT2D eigenvalue weighted by atomic mass is 10.0. The first-order valence-corrected chi connectivity index (χ1v) is 8.00. The quantitative estimate of drug-likeness (QED) is 0.321. The van der Waals surface area contributed by atoms with Gasteiger partial charge in [-0.3, -0.25) is 5.10 Å². The first kappa shape index (κ1) is 17.8. The number of aromatic nitrogens is 2. The molecule has 0 radical (unpaired) electrons. The highest BCUT2D eigenvalue weighted by molar-refractivity contribution is 6.13. The molecule has 2 aromatic rings. The third-order valence-corrected chi connectivity index (χ3v) is 3.62. The Morgan fingerprint density at radius 1 is 1.29 bits per heavy atom. The Morgan fingerprint density at radius 3 is 2.92 bits per heavy atom. The zero-order chi connectivity index (χ0) is 17.2. The van der Waals surface area contributed by atoms with E-state index in [-0.39, 0.29) is 0 Å². The fourth-order valence-corrected chi connectivity index (χ4v) is 2.39. The molecule has 0 saturated carbocycles. The number of nitrogens with zero attached hydrogens (tertiary/aromatic N) is 1. The van der Waals surface area contributed by atoms with E-state index in [1.54, 1.807) is 12.3 Å². The number of anilines is 1. The second-order valence-corrected chi connectivity index (χ2v) is 5.32. The summed E-state index contributed by atoms with van der Waals surface area (Å²) in [6, 6.07) is 3.89. The van der Waals surface area contributed by atoms with E-state index in [1.165, 1.54) is 12.4 Å². The van der Waals surface area contributed by atoms with Crippen molar-refractivity contribution in [2.75, 3.05) is 31.6 Å². The van der Waals surface area contributed by atoms with Crippen LogP contribution in [0.1, 0.15) is 18.4 Å². The molecule has 7 heteroatoms. The zero-order valence-corrected chi connectivity index (χ0v) is 13.6. The summed E-state index contributed by atoms with van der Waals surface area (Å²) in [4.78, 5) is 0. The molecular weight excluding hydrogens is 304 g/mol. The second kappa shape index (κ2) is 9.59. The van der Waals surface area contributed by atoms with Gasteiger partial charge in [-0.15, -0.1) is 0 Å². The molecule has 0 amide bonds. The maximum atomic E-state index is 7.52. The fraction of sp³-hybridized carbons (Fsp3) is 0.353. The lowest BCUT2D eigenvalue weighted by Gasteiger charge is -2.11. The van der Waals surface area contributed by atoms with Gasteiger partial charge in [0.1, 0.15) is 0 Å². The minimum absolute atomic E-state index is 0.613. The minimum atomic E-state index is 0.613. The molecule has 0 saturated heterocycles. The number of allylic oxidation sites excluding steroid dienone is 2. The van der Waals surface area contributed by atoms with Crippen LogP contribution in [0.3, 0.4) is 0 Å². The summed E-state index contributed by atoms with van der Waals surface area (Å²) in [5.41, 5.74) is 8.79. The molecule has 0 fully saturated rings. The summed E-state index contributed by atoms with van der Waals surface area (Å²) in [6.45, 7) is 2.72. The van der Waals surface area contributed by atoms with Gasteiger partial charge in [-0.05, 0) is 43.2 Å². The Balaban J connectivity index is 2.05. The van der Waals surface area contributed by atoms with Gasteiger partial charge in [-0.2, -0.15) is 5.10 Å². The van der Waals surface area contributed by atoms with Gasteiger partial charge in [0.25, 0.3) is 0 Å². The van der Waals surface area contributed by atoms with Crippen LogP contribution in [0.4, 0.5) is 5.69 Å². The summed E-state index contributed by atoms with van der Waals surface area (Å²) < 4.78 is 5.57.